The van der Waals surface area contributed by atoms with Gasteiger partial charge in [-0.25, -0.2) is 4.79 Å². The highest BCUT2D eigenvalue weighted by Crippen LogP contribution is 2.25. The van der Waals surface area contributed by atoms with Crippen molar-refractivity contribution in [2.24, 2.45) is 0 Å². The van der Waals surface area contributed by atoms with Crippen LogP contribution in [0.3, 0.4) is 0 Å². The Bertz CT molecular complexity index is 144. The molecule has 4 nitrogen and oxygen atoms in total. The Labute approximate surface area is 84.3 Å². The van der Waals surface area contributed by atoms with Crippen molar-refractivity contribution in [2.75, 3.05) is 19.8 Å². The van der Waals surface area contributed by atoms with Crippen LogP contribution in [0, 0.1) is 0 Å². The first-order valence-corrected chi connectivity index (χ1v) is 4.06. The van der Waals surface area contributed by atoms with Crippen LogP contribution < -0.4 is 0 Å². The highest BCUT2D eigenvalue weighted by atomic mass is 35.6. The Morgan fingerprint density at radius 1 is 1.33 bits per heavy atom. The van der Waals surface area contributed by atoms with E-state index in [0.717, 1.165) is 0 Å². The molecule has 0 aliphatic rings. The number of carbonyl (C=O) groups is 1. The van der Waals surface area contributed by atoms with Gasteiger partial charge < -0.3 is 14.6 Å². The molecule has 12 heavy (non-hydrogen) atoms. The lowest BCUT2D eigenvalue weighted by atomic mass is 10.8. The molecule has 0 aromatic heterocycles. The molecule has 1 N–H and O–H groups in total. The molecular weight excluding hydrogens is 230 g/mol. The van der Waals surface area contributed by atoms with Crippen molar-refractivity contribution in [3.8, 4) is 0 Å². The number of aliphatic hydroxyl groups is 1. The zero-order chi connectivity index (χ0) is 9.61. The third-order valence-corrected chi connectivity index (χ3v) is 0.992. The van der Waals surface area contributed by atoms with Crippen LogP contribution in [0.5, 0.6) is 0 Å². The van der Waals surface area contributed by atoms with E-state index in [2.05, 4.69) is 9.47 Å². The predicted octanol–water partition coefficient (Wildman–Crippen LogP) is 1.50. The summed E-state index contributed by atoms with van der Waals surface area (Å²) in [4.78, 5) is 10.5. The fraction of sp³-hybridized carbons (Fsp3) is 0.800. The van der Waals surface area contributed by atoms with Gasteiger partial charge in [-0.3, -0.25) is 0 Å². The minimum absolute atomic E-state index is 0.140. The van der Waals surface area contributed by atoms with Crippen LogP contribution in [0.25, 0.3) is 0 Å². The molecule has 0 spiro atoms. The SMILES string of the molecule is O=C(OCCO)OCC(Cl)(Cl)Cl. The number of hydrogen-bond donors (Lipinski definition) is 1. The Kier molecular flexibility index (Phi) is 5.74. The van der Waals surface area contributed by atoms with E-state index in [1.807, 2.05) is 0 Å². The molecule has 0 unspecified atom stereocenters. The molecule has 7 heteroatoms. The minimum atomic E-state index is -1.64. The number of alkyl halides is 3. The lowest BCUT2D eigenvalue weighted by Crippen LogP contribution is -2.18. The summed E-state index contributed by atoms with van der Waals surface area (Å²) in [5.41, 5.74) is 0. The molecule has 72 valence electrons. The largest absolute Gasteiger partial charge is 0.508 e. The first-order chi connectivity index (χ1) is 5.45. The average molecular weight is 237 g/mol. The molecule has 0 fully saturated rings. The number of carbonyl (C=O) groups excluding carboxylic acids is 1. The Hall–Kier alpha value is 0.1000. The van der Waals surface area contributed by atoms with Gasteiger partial charge in [-0.1, -0.05) is 34.8 Å². The lowest BCUT2D eigenvalue weighted by Gasteiger charge is -2.10. The van der Waals surface area contributed by atoms with Crippen LogP contribution >= 0.6 is 34.8 Å². The first kappa shape index (κ1) is 12.1. The van der Waals surface area contributed by atoms with Crippen LogP contribution in [0.2, 0.25) is 0 Å². The third kappa shape index (κ3) is 8.20. The second-order valence-corrected chi connectivity index (χ2v) is 4.24. The Balaban J connectivity index is 3.44. The van der Waals surface area contributed by atoms with Gasteiger partial charge in [-0.2, -0.15) is 0 Å². The summed E-state index contributed by atoms with van der Waals surface area (Å²) >= 11 is 15.8. The van der Waals surface area contributed by atoms with Gasteiger partial charge >= 0.3 is 6.16 Å². The first-order valence-electron chi connectivity index (χ1n) is 2.93. The summed E-state index contributed by atoms with van der Waals surface area (Å²) in [5.74, 6) is 0. The van der Waals surface area contributed by atoms with Gasteiger partial charge in [-0.05, 0) is 0 Å². The molecule has 0 aliphatic heterocycles. The number of ether oxygens (including phenoxy) is 2. The molecule has 0 rings (SSSR count). The van der Waals surface area contributed by atoms with Crippen molar-refractivity contribution in [1.29, 1.82) is 0 Å². The van der Waals surface area contributed by atoms with Crippen LogP contribution in [0.15, 0.2) is 0 Å². The highest BCUT2D eigenvalue weighted by Gasteiger charge is 2.22. The summed E-state index contributed by atoms with van der Waals surface area (Å²) in [6, 6.07) is 0. The van der Waals surface area contributed by atoms with Crippen molar-refractivity contribution >= 4 is 41.0 Å². The molecule has 0 saturated carbocycles. The van der Waals surface area contributed by atoms with Crippen molar-refractivity contribution in [2.45, 2.75) is 3.79 Å². The van der Waals surface area contributed by atoms with Crippen molar-refractivity contribution in [3.05, 3.63) is 0 Å². The van der Waals surface area contributed by atoms with Gasteiger partial charge in [0.05, 0.1) is 6.61 Å². The predicted molar refractivity (Wildman–Crippen MR) is 44.7 cm³/mol. The van der Waals surface area contributed by atoms with E-state index in [9.17, 15) is 4.79 Å². The van der Waals surface area contributed by atoms with Crippen LogP contribution in [0.4, 0.5) is 4.79 Å². The van der Waals surface area contributed by atoms with Gasteiger partial charge in [0, 0.05) is 0 Å². The van der Waals surface area contributed by atoms with Gasteiger partial charge in [0.1, 0.15) is 13.2 Å². The molecule has 0 radical (unpaired) electrons. The van der Waals surface area contributed by atoms with Crippen molar-refractivity contribution in [3.63, 3.8) is 0 Å². The number of aliphatic hydroxyl groups excluding tert-OH is 1. The smallest absolute Gasteiger partial charge is 0.432 e. The summed E-state index contributed by atoms with van der Waals surface area (Å²) in [5, 5.41) is 8.23. The molecule has 0 heterocycles. The van der Waals surface area contributed by atoms with E-state index in [1.165, 1.54) is 0 Å². The van der Waals surface area contributed by atoms with Crippen LogP contribution in [-0.4, -0.2) is 34.9 Å². The monoisotopic (exact) mass is 236 g/mol. The molecule has 0 amide bonds. The van der Waals surface area contributed by atoms with E-state index in [-0.39, 0.29) is 19.8 Å². The Morgan fingerprint density at radius 3 is 2.33 bits per heavy atom. The fourth-order valence-electron chi connectivity index (χ4n) is 0.311. The molecular formula is C5H7Cl3O4. The summed E-state index contributed by atoms with van der Waals surface area (Å²) in [6.07, 6.45) is -0.977. The van der Waals surface area contributed by atoms with Crippen molar-refractivity contribution < 1.29 is 19.4 Å². The summed E-state index contributed by atoms with van der Waals surface area (Å²) in [7, 11) is 0. The zero-order valence-corrected chi connectivity index (χ0v) is 8.19. The van der Waals surface area contributed by atoms with Crippen molar-refractivity contribution in [1.82, 2.24) is 0 Å². The molecule has 0 saturated heterocycles. The summed E-state index contributed by atoms with van der Waals surface area (Å²) < 4.78 is 7.00. The molecule has 0 bridgehead atoms. The molecule has 0 aliphatic carbocycles. The van der Waals surface area contributed by atoms with Gasteiger partial charge in [-0.15, -0.1) is 0 Å². The van der Waals surface area contributed by atoms with E-state index in [4.69, 9.17) is 39.9 Å². The molecule has 0 atom stereocenters. The fourth-order valence-corrected chi connectivity index (χ4v) is 0.475. The standard InChI is InChI=1S/C5H7Cl3O4/c6-5(7,8)3-12-4(10)11-2-1-9/h9H,1-3H2. The third-order valence-electron chi connectivity index (χ3n) is 0.665. The number of rotatable bonds is 3. The van der Waals surface area contributed by atoms with Crippen LogP contribution in [-0.2, 0) is 9.47 Å². The molecule has 0 aromatic carbocycles. The van der Waals surface area contributed by atoms with Gasteiger partial charge in [0.25, 0.3) is 0 Å². The maximum Gasteiger partial charge on any atom is 0.508 e. The van der Waals surface area contributed by atoms with Crippen LogP contribution in [0.1, 0.15) is 0 Å². The quantitative estimate of drug-likeness (QED) is 0.597. The number of halogens is 3. The Morgan fingerprint density at radius 2 is 1.92 bits per heavy atom. The molecule has 0 aromatic rings. The maximum atomic E-state index is 10.5. The van der Waals surface area contributed by atoms with Gasteiger partial charge in [0.15, 0.2) is 0 Å². The minimum Gasteiger partial charge on any atom is -0.432 e. The topological polar surface area (TPSA) is 55.8 Å². The lowest BCUT2D eigenvalue weighted by molar-refractivity contribution is 0.0446. The van der Waals surface area contributed by atoms with E-state index < -0.39 is 9.95 Å². The highest BCUT2D eigenvalue weighted by molar-refractivity contribution is 6.67. The van der Waals surface area contributed by atoms with E-state index >= 15 is 0 Å². The average Bonchev–Trinajstić information content (AvgIpc) is 1.95. The second kappa shape index (κ2) is 5.70. The van der Waals surface area contributed by atoms with Gasteiger partial charge in [0.2, 0.25) is 3.79 Å². The maximum absolute atomic E-state index is 10.5. The number of hydrogen-bond acceptors (Lipinski definition) is 4. The second-order valence-electron chi connectivity index (χ2n) is 1.73. The normalized spacial score (nSPS) is 11.0. The van der Waals surface area contributed by atoms with E-state index in [1.54, 1.807) is 0 Å². The zero-order valence-electron chi connectivity index (χ0n) is 5.93. The summed E-state index contributed by atoms with van der Waals surface area (Å²) in [6.45, 7) is -0.802. The van der Waals surface area contributed by atoms with E-state index in [0.29, 0.717) is 0 Å².